The molecule has 1 aliphatic heterocycles. The topological polar surface area (TPSA) is 54.2 Å². The molecule has 1 aromatic carbocycles. The van der Waals surface area contributed by atoms with Crippen molar-refractivity contribution in [1.29, 1.82) is 0 Å². The van der Waals surface area contributed by atoms with Crippen molar-refractivity contribution in [1.82, 2.24) is 20.4 Å². The van der Waals surface area contributed by atoms with Crippen LogP contribution in [0.4, 0.5) is 0 Å². The van der Waals surface area contributed by atoms with Gasteiger partial charge in [0.1, 0.15) is 0 Å². The summed E-state index contributed by atoms with van der Waals surface area (Å²) in [5, 5.41) is 7.98. The fraction of sp³-hybridized carbons (Fsp3) is 0.529. The molecule has 0 aliphatic carbocycles. The van der Waals surface area contributed by atoms with E-state index in [1.54, 1.807) is 0 Å². The maximum atomic E-state index is 6.01. The summed E-state index contributed by atoms with van der Waals surface area (Å²) < 4.78 is 5.40. The van der Waals surface area contributed by atoms with Gasteiger partial charge in [0.15, 0.2) is 0 Å². The van der Waals surface area contributed by atoms with E-state index >= 15 is 0 Å². The summed E-state index contributed by atoms with van der Waals surface area (Å²) in [4.78, 5) is 6.89. The van der Waals surface area contributed by atoms with Crippen molar-refractivity contribution >= 4 is 11.6 Å². The van der Waals surface area contributed by atoms with Crippen molar-refractivity contribution in [2.75, 3.05) is 26.7 Å². The molecule has 124 valence electrons. The van der Waals surface area contributed by atoms with Crippen LogP contribution in [0.2, 0.25) is 5.02 Å². The number of halogens is 1. The third-order valence-electron chi connectivity index (χ3n) is 4.42. The first-order chi connectivity index (χ1) is 11.2. The van der Waals surface area contributed by atoms with Crippen molar-refractivity contribution in [3.63, 3.8) is 0 Å². The molecule has 0 bridgehead atoms. The Morgan fingerprint density at radius 2 is 2.17 bits per heavy atom. The molecule has 0 amide bonds. The summed E-state index contributed by atoms with van der Waals surface area (Å²) in [7, 11) is 2.02. The first-order valence-electron chi connectivity index (χ1n) is 8.20. The van der Waals surface area contributed by atoms with E-state index in [0.29, 0.717) is 16.7 Å². The largest absolute Gasteiger partial charge is 0.338 e. The second-order valence-corrected chi connectivity index (χ2v) is 6.57. The van der Waals surface area contributed by atoms with Gasteiger partial charge in [-0.25, -0.2) is 0 Å². The Labute approximate surface area is 142 Å². The van der Waals surface area contributed by atoms with Crippen LogP contribution >= 0.6 is 11.6 Å². The van der Waals surface area contributed by atoms with Gasteiger partial charge in [0, 0.05) is 10.6 Å². The number of hydrogen-bond acceptors (Lipinski definition) is 5. The molecule has 0 spiro atoms. The zero-order chi connectivity index (χ0) is 16.1. The quantitative estimate of drug-likeness (QED) is 0.879. The summed E-state index contributed by atoms with van der Waals surface area (Å²) in [5.74, 6) is 2.11. The summed E-state index contributed by atoms with van der Waals surface area (Å²) in [6, 6.07) is 7.52. The number of nitrogens with zero attached hydrogens (tertiary/aromatic N) is 3. The Morgan fingerprint density at radius 1 is 1.35 bits per heavy atom. The minimum Gasteiger partial charge on any atom is -0.338 e. The molecular weight excluding hydrogens is 312 g/mol. The highest BCUT2D eigenvalue weighted by Crippen LogP contribution is 2.23. The van der Waals surface area contributed by atoms with Crippen molar-refractivity contribution < 1.29 is 4.52 Å². The standard InChI is InChI=1S/C17H23ClN4O/c1-19-8-5-13-6-9-22(10-7-13)12-16-20-17(21-23-16)14-3-2-4-15(18)11-14/h2-4,11,13,19H,5-10,12H2,1H3. The lowest BCUT2D eigenvalue weighted by atomic mass is 9.93. The lowest BCUT2D eigenvalue weighted by Crippen LogP contribution is -2.34. The van der Waals surface area contributed by atoms with Crippen molar-refractivity contribution in [2.45, 2.75) is 25.8 Å². The van der Waals surface area contributed by atoms with E-state index in [9.17, 15) is 0 Å². The predicted octanol–water partition coefficient (Wildman–Crippen LogP) is 3.21. The number of benzene rings is 1. The van der Waals surface area contributed by atoms with E-state index in [1.165, 1.54) is 19.3 Å². The maximum Gasteiger partial charge on any atom is 0.241 e. The highest BCUT2D eigenvalue weighted by molar-refractivity contribution is 6.30. The second kappa shape index (κ2) is 7.90. The molecule has 0 atom stereocenters. The van der Waals surface area contributed by atoms with Gasteiger partial charge in [-0.1, -0.05) is 28.9 Å². The highest BCUT2D eigenvalue weighted by Gasteiger charge is 2.20. The fourth-order valence-electron chi connectivity index (χ4n) is 3.04. The molecule has 1 saturated heterocycles. The molecule has 2 heterocycles. The Balaban J connectivity index is 1.54. The average molecular weight is 335 g/mol. The Kier molecular flexibility index (Phi) is 5.65. The first-order valence-corrected chi connectivity index (χ1v) is 8.58. The number of piperidine rings is 1. The van der Waals surface area contributed by atoms with Crippen molar-refractivity contribution in [2.24, 2.45) is 5.92 Å². The van der Waals surface area contributed by atoms with E-state index in [-0.39, 0.29) is 0 Å². The van der Waals surface area contributed by atoms with Crippen LogP contribution in [0, 0.1) is 5.92 Å². The summed E-state index contributed by atoms with van der Waals surface area (Å²) in [6.07, 6.45) is 3.76. The normalized spacial score (nSPS) is 16.8. The number of hydrogen-bond donors (Lipinski definition) is 1. The van der Waals surface area contributed by atoms with Crippen LogP contribution in [0.1, 0.15) is 25.2 Å². The zero-order valence-corrected chi connectivity index (χ0v) is 14.2. The summed E-state index contributed by atoms with van der Waals surface area (Å²) >= 11 is 6.01. The Morgan fingerprint density at radius 3 is 2.91 bits per heavy atom. The molecule has 1 N–H and O–H groups in total. The third kappa shape index (κ3) is 4.53. The van der Waals surface area contributed by atoms with Crippen molar-refractivity contribution in [3.05, 3.63) is 35.2 Å². The molecule has 3 rings (SSSR count). The summed E-state index contributed by atoms with van der Waals surface area (Å²) in [5.41, 5.74) is 0.887. The van der Waals surface area contributed by atoms with E-state index in [0.717, 1.165) is 37.7 Å². The number of aromatic nitrogens is 2. The summed E-state index contributed by atoms with van der Waals surface area (Å²) in [6.45, 7) is 4.04. The third-order valence-corrected chi connectivity index (χ3v) is 4.65. The molecule has 0 radical (unpaired) electrons. The minimum atomic E-state index is 0.603. The molecule has 1 aliphatic rings. The van der Waals surface area contributed by atoms with Crippen LogP contribution in [0.5, 0.6) is 0 Å². The van der Waals surface area contributed by atoms with Crippen molar-refractivity contribution in [3.8, 4) is 11.4 Å². The molecule has 1 aromatic heterocycles. The predicted molar refractivity (Wildman–Crippen MR) is 91.3 cm³/mol. The van der Waals surface area contributed by atoms with E-state index in [1.807, 2.05) is 31.3 Å². The maximum absolute atomic E-state index is 6.01. The molecule has 0 saturated carbocycles. The van der Waals surface area contributed by atoms with Crippen LogP contribution < -0.4 is 5.32 Å². The average Bonchev–Trinajstić information content (AvgIpc) is 3.03. The zero-order valence-electron chi connectivity index (χ0n) is 13.5. The van der Waals surface area contributed by atoms with Gasteiger partial charge in [0.2, 0.25) is 11.7 Å². The lowest BCUT2D eigenvalue weighted by Gasteiger charge is -2.30. The Bertz CT molecular complexity index is 623. The SMILES string of the molecule is CNCCC1CCN(Cc2nc(-c3cccc(Cl)c3)no2)CC1. The molecular formula is C17H23ClN4O. The van der Waals surface area contributed by atoms with Gasteiger partial charge in [-0.2, -0.15) is 4.98 Å². The number of nitrogens with one attached hydrogen (secondary N) is 1. The minimum absolute atomic E-state index is 0.603. The van der Waals surface area contributed by atoms with Gasteiger partial charge in [-0.3, -0.25) is 4.90 Å². The molecule has 2 aromatic rings. The smallest absolute Gasteiger partial charge is 0.241 e. The van der Waals surface area contributed by atoms with Gasteiger partial charge >= 0.3 is 0 Å². The second-order valence-electron chi connectivity index (χ2n) is 6.13. The van der Waals surface area contributed by atoms with E-state index in [4.69, 9.17) is 16.1 Å². The molecule has 0 unspecified atom stereocenters. The molecule has 6 heteroatoms. The molecule has 5 nitrogen and oxygen atoms in total. The molecule has 23 heavy (non-hydrogen) atoms. The van der Waals surface area contributed by atoms with Gasteiger partial charge in [0.25, 0.3) is 0 Å². The van der Waals surface area contributed by atoms with Crippen LogP contribution in [0.25, 0.3) is 11.4 Å². The van der Waals surface area contributed by atoms with Crippen LogP contribution in [-0.4, -0.2) is 41.7 Å². The van der Waals surface area contributed by atoms with E-state index < -0.39 is 0 Å². The van der Waals surface area contributed by atoms with Crippen LogP contribution in [-0.2, 0) is 6.54 Å². The van der Waals surface area contributed by atoms with Gasteiger partial charge in [0.05, 0.1) is 6.54 Å². The van der Waals surface area contributed by atoms with Gasteiger partial charge < -0.3 is 9.84 Å². The Hall–Kier alpha value is -1.43. The first kappa shape index (κ1) is 16.4. The lowest BCUT2D eigenvalue weighted by molar-refractivity contribution is 0.155. The fourth-order valence-corrected chi connectivity index (χ4v) is 3.23. The number of rotatable bonds is 6. The van der Waals surface area contributed by atoms with E-state index in [2.05, 4.69) is 20.4 Å². The van der Waals surface area contributed by atoms with Gasteiger partial charge in [-0.15, -0.1) is 0 Å². The number of likely N-dealkylation sites (tertiary alicyclic amines) is 1. The highest BCUT2D eigenvalue weighted by atomic mass is 35.5. The molecule has 1 fully saturated rings. The monoisotopic (exact) mass is 334 g/mol. The van der Waals surface area contributed by atoms with Crippen LogP contribution in [0.3, 0.4) is 0 Å². The van der Waals surface area contributed by atoms with Gasteiger partial charge in [-0.05, 0) is 64.0 Å². The van der Waals surface area contributed by atoms with Crippen LogP contribution in [0.15, 0.2) is 28.8 Å².